The summed E-state index contributed by atoms with van der Waals surface area (Å²) in [7, 11) is 1.56. The maximum atomic E-state index is 11.2. The molecule has 1 heterocycles. The van der Waals surface area contributed by atoms with E-state index in [-0.39, 0.29) is 11.8 Å². The maximum Gasteiger partial charge on any atom is 0.267 e. The molecule has 0 atom stereocenters. The summed E-state index contributed by atoms with van der Waals surface area (Å²) >= 11 is 0. The number of carbonyl (C=O) groups is 2. The molecule has 2 amide bonds. The highest BCUT2D eigenvalue weighted by molar-refractivity contribution is 5.97. The first-order valence-electron chi connectivity index (χ1n) is 3.87. The third kappa shape index (κ3) is 1.47. The van der Waals surface area contributed by atoms with Crippen molar-refractivity contribution in [1.29, 1.82) is 0 Å². The van der Waals surface area contributed by atoms with Crippen molar-refractivity contribution >= 4 is 11.8 Å². The van der Waals surface area contributed by atoms with Crippen molar-refractivity contribution in [2.24, 2.45) is 0 Å². The lowest BCUT2D eigenvalue weighted by atomic mass is 10.4. The molecule has 0 spiro atoms. The Morgan fingerprint density at radius 1 is 1.58 bits per heavy atom. The Morgan fingerprint density at radius 2 is 2.25 bits per heavy atom. The topological polar surface area (TPSA) is 49.4 Å². The summed E-state index contributed by atoms with van der Waals surface area (Å²) in [5.74, 6) is -0.273. The van der Waals surface area contributed by atoms with Gasteiger partial charge in [0.05, 0.1) is 0 Å². The highest BCUT2D eigenvalue weighted by atomic mass is 16.2. The monoisotopic (exact) mass is 168 g/mol. The second-order valence-electron chi connectivity index (χ2n) is 2.63. The van der Waals surface area contributed by atoms with E-state index in [1.807, 2.05) is 0 Å². The van der Waals surface area contributed by atoms with Gasteiger partial charge in [-0.3, -0.25) is 9.59 Å². The minimum Gasteiger partial charge on any atom is -0.354 e. The zero-order valence-corrected chi connectivity index (χ0v) is 7.26. The molecule has 0 fully saturated rings. The molecule has 1 aliphatic heterocycles. The van der Waals surface area contributed by atoms with E-state index >= 15 is 0 Å². The number of carbonyl (C=O) groups excluding carboxylic acids is 2. The normalized spacial score (nSPS) is 15.8. The van der Waals surface area contributed by atoms with E-state index in [2.05, 4.69) is 5.32 Å². The van der Waals surface area contributed by atoms with Crippen LogP contribution < -0.4 is 5.32 Å². The minimum absolute atomic E-state index is 0.0812. The van der Waals surface area contributed by atoms with Gasteiger partial charge in [0.2, 0.25) is 5.91 Å². The number of nitrogens with one attached hydrogen (secondary N) is 1. The van der Waals surface area contributed by atoms with Crippen molar-refractivity contribution in [3.05, 3.63) is 11.8 Å². The molecule has 0 radical (unpaired) electrons. The summed E-state index contributed by atoms with van der Waals surface area (Å²) in [6.07, 6.45) is 2.54. The molecular weight excluding hydrogens is 156 g/mol. The van der Waals surface area contributed by atoms with Crippen LogP contribution >= 0.6 is 0 Å². The summed E-state index contributed by atoms with van der Waals surface area (Å²) < 4.78 is 0. The van der Waals surface area contributed by atoms with Gasteiger partial charge >= 0.3 is 0 Å². The van der Waals surface area contributed by atoms with Gasteiger partial charge in [-0.25, -0.2) is 0 Å². The lowest BCUT2D eigenvalue weighted by Gasteiger charge is -2.16. The molecule has 12 heavy (non-hydrogen) atoms. The van der Waals surface area contributed by atoms with Gasteiger partial charge in [0.15, 0.2) is 0 Å². The number of amides is 2. The predicted octanol–water partition coefficient (Wildman–Crippen LogP) is -0.132. The quantitative estimate of drug-likeness (QED) is 0.593. The van der Waals surface area contributed by atoms with Gasteiger partial charge in [-0.15, -0.1) is 0 Å². The van der Waals surface area contributed by atoms with E-state index in [1.165, 1.54) is 11.8 Å². The Balaban J connectivity index is 2.76. The van der Waals surface area contributed by atoms with Gasteiger partial charge in [0.25, 0.3) is 5.91 Å². The number of nitrogens with zero attached hydrogens (tertiary/aromatic N) is 1. The minimum atomic E-state index is -0.192. The molecule has 66 valence electrons. The molecule has 0 saturated heterocycles. The van der Waals surface area contributed by atoms with Crippen molar-refractivity contribution in [3.63, 3.8) is 0 Å². The van der Waals surface area contributed by atoms with Gasteiger partial charge in [0, 0.05) is 20.5 Å². The average molecular weight is 168 g/mol. The van der Waals surface area contributed by atoms with E-state index in [4.69, 9.17) is 0 Å². The van der Waals surface area contributed by atoms with Crippen LogP contribution in [-0.4, -0.2) is 30.3 Å². The zero-order valence-electron chi connectivity index (χ0n) is 7.26. The van der Waals surface area contributed by atoms with E-state index in [9.17, 15) is 9.59 Å². The Bertz CT molecular complexity index is 245. The predicted molar refractivity (Wildman–Crippen MR) is 44.2 cm³/mol. The van der Waals surface area contributed by atoms with Gasteiger partial charge in [-0.05, 0) is 6.42 Å². The lowest BCUT2D eigenvalue weighted by Crippen LogP contribution is -2.33. The van der Waals surface area contributed by atoms with Crippen LogP contribution in [0.3, 0.4) is 0 Å². The zero-order chi connectivity index (χ0) is 9.14. The fraction of sp³-hybridized carbons (Fsp3) is 0.500. The smallest absolute Gasteiger partial charge is 0.267 e. The number of rotatable bonds is 1. The van der Waals surface area contributed by atoms with Crippen LogP contribution in [0.15, 0.2) is 11.8 Å². The van der Waals surface area contributed by atoms with Gasteiger partial charge in [-0.1, -0.05) is 6.08 Å². The summed E-state index contributed by atoms with van der Waals surface area (Å²) in [4.78, 5) is 23.6. The molecule has 0 saturated carbocycles. The maximum absolute atomic E-state index is 11.2. The van der Waals surface area contributed by atoms with Crippen LogP contribution in [0, 0.1) is 0 Å². The summed E-state index contributed by atoms with van der Waals surface area (Å²) in [5.41, 5.74) is 0.477. The Kier molecular flexibility index (Phi) is 2.47. The third-order valence-corrected chi connectivity index (χ3v) is 1.82. The summed E-state index contributed by atoms with van der Waals surface area (Å²) in [5, 5.41) is 2.49. The molecule has 0 aromatic carbocycles. The first kappa shape index (κ1) is 8.77. The fourth-order valence-corrected chi connectivity index (χ4v) is 1.23. The standard InChI is InChI=1S/C8H12N2O2/c1-6(11)10-5-3-4-7(10)8(12)9-2/h4H,3,5H2,1-2H3,(H,9,12). The third-order valence-electron chi connectivity index (χ3n) is 1.82. The first-order valence-corrected chi connectivity index (χ1v) is 3.87. The summed E-state index contributed by atoms with van der Waals surface area (Å²) in [6, 6.07) is 0. The lowest BCUT2D eigenvalue weighted by molar-refractivity contribution is -0.130. The highest BCUT2D eigenvalue weighted by Crippen LogP contribution is 2.14. The number of likely N-dealkylation sites (N-methyl/N-ethyl adjacent to an activating group) is 1. The molecule has 0 bridgehead atoms. The largest absolute Gasteiger partial charge is 0.354 e. The molecule has 0 aromatic rings. The van der Waals surface area contributed by atoms with Crippen molar-refractivity contribution in [3.8, 4) is 0 Å². The SMILES string of the molecule is CNC(=O)C1=CCCN1C(C)=O. The van der Waals surface area contributed by atoms with Crippen molar-refractivity contribution in [2.45, 2.75) is 13.3 Å². The van der Waals surface area contributed by atoms with Crippen LogP contribution in [0.5, 0.6) is 0 Å². The Hall–Kier alpha value is -1.32. The van der Waals surface area contributed by atoms with Crippen LogP contribution in [0.4, 0.5) is 0 Å². The van der Waals surface area contributed by atoms with E-state index < -0.39 is 0 Å². The summed E-state index contributed by atoms with van der Waals surface area (Å²) in [6.45, 7) is 2.08. The van der Waals surface area contributed by atoms with Gasteiger partial charge < -0.3 is 10.2 Å². The van der Waals surface area contributed by atoms with Crippen molar-refractivity contribution in [1.82, 2.24) is 10.2 Å². The molecule has 1 aliphatic rings. The molecule has 0 unspecified atom stereocenters. The average Bonchev–Trinajstić information content (AvgIpc) is 2.50. The molecule has 4 nitrogen and oxygen atoms in total. The fourth-order valence-electron chi connectivity index (χ4n) is 1.23. The second kappa shape index (κ2) is 3.38. The molecule has 1 rings (SSSR count). The number of hydrogen-bond acceptors (Lipinski definition) is 2. The molecular formula is C8H12N2O2. The Morgan fingerprint density at radius 3 is 2.75 bits per heavy atom. The van der Waals surface area contributed by atoms with Gasteiger partial charge in [0.1, 0.15) is 5.70 Å². The molecule has 0 aliphatic carbocycles. The van der Waals surface area contributed by atoms with Crippen molar-refractivity contribution < 1.29 is 9.59 Å². The van der Waals surface area contributed by atoms with Crippen molar-refractivity contribution in [2.75, 3.05) is 13.6 Å². The van der Waals surface area contributed by atoms with Crippen LogP contribution in [0.1, 0.15) is 13.3 Å². The van der Waals surface area contributed by atoms with E-state index in [1.54, 1.807) is 13.1 Å². The molecule has 0 aromatic heterocycles. The number of hydrogen-bond donors (Lipinski definition) is 1. The highest BCUT2D eigenvalue weighted by Gasteiger charge is 2.23. The molecule has 1 N–H and O–H groups in total. The van der Waals surface area contributed by atoms with Gasteiger partial charge in [-0.2, -0.15) is 0 Å². The van der Waals surface area contributed by atoms with E-state index in [0.717, 1.165) is 6.42 Å². The van der Waals surface area contributed by atoms with Crippen LogP contribution in [0.25, 0.3) is 0 Å². The van der Waals surface area contributed by atoms with Crippen LogP contribution in [-0.2, 0) is 9.59 Å². The Labute approximate surface area is 71.2 Å². The molecule has 4 heteroatoms. The van der Waals surface area contributed by atoms with Crippen LogP contribution in [0.2, 0.25) is 0 Å². The first-order chi connectivity index (χ1) is 5.66. The second-order valence-corrected chi connectivity index (χ2v) is 2.63. The van der Waals surface area contributed by atoms with E-state index in [0.29, 0.717) is 12.2 Å².